The largest absolute Gasteiger partial charge is 0.444 e. The molecule has 1 amide bonds. The van der Waals surface area contributed by atoms with Crippen LogP contribution in [-0.4, -0.2) is 123 Å². The molecule has 1 N–H and O–H groups in total. The first-order valence-electron chi connectivity index (χ1n) is 20.1. The molecule has 0 unspecified atom stereocenters. The van der Waals surface area contributed by atoms with Gasteiger partial charge in [0.25, 0.3) is 0 Å². The van der Waals surface area contributed by atoms with E-state index in [1.165, 1.54) is 6.42 Å². The van der Waals surface area contributed by atoms with Gasteiger partial charge in [-0.15, -0.1) is 0 Å². The van der Waals surface area contributed by atoms with Crippen molar-refractivity contribution >= 4 is 35.1 Å². The van der Waals surface area contributed by atoms with Crippen LogP contribution in [0.5, 0.6) is 0 Å². The summed E-state index contributed by atoms with van der Waals surface area (Å²) in [4.78, 5) is 27.0. The Bertz CT molecular complexity index is 1480. The smallest absolute Gasteiger partial charge is 0.410 e. The second-order valence-electron chi connectivity index (χ2n) is 16.0. The van der Waals surface area contributed by atoms with E-state index in [0.29, 0.717) is 55.2 Å². The molecule has 10 nitrogen and oxygen atoms in total. The van der Waals surface area contributed by atoms with Gasteiger partial charge in [-0.1, -0.05) is 53.9 Å². The average Bonchev–Trinajstić information content (AvgIpc) is 3.19. The molecule has 2 aromatic carbocycles. The Balaban J connectivity index is 0.000000239. The van der Waals surface area contributed by atoms with Crippen molar-refractivity contribution in [2.45, 2.75) is 128 Å². The van der Waals surface area contributed by atoms with Crippen molar-refractivity contribution in [2.24, 2.45) is 0 Å². The number of Topliss-reactive ketones (excluding diaryl/α,β-unsaturated/α-hetero) is 1. The molecule has 6 rings (SSSR count). The molecule has 0 aromatic heterocycles. The maximum Gasteiger partial charge on any atom is 0.410 e. The van der Waals surface area contributed by atoms with Crippen LogP contribution in [0.4, 0.5) is 22.4 Å². The summed E-state index contributed by atoms with van der Waals surface area (Å²) in [6.07, 6.45) is 7.40. The first-order chi connectivity index (χ1) is 27.6. The fourth-order valence-corrected chi connectivity index (χ4v) is 7.47. The molecule has 58 heavy (non-hydrogen) atoms. The lowest BCUT2D eigenvalue weighted by atomic mass is 9.96. The van der Waals surface area contributed by atoms with Gasteiger partial charge in [0.05, 0.1) is 38.6 Å². The zero-order chi connectivity index (χ0) is 42.1. The van der Waals surface area contributed by atoms with Gasteiger partial charge in [0.1, 0.15) is 11.4 Å². The Morgan fingerprint density at radius 3 is 1.83 bits per heavy atom. The van der Waals surface area contributed by atoms with Crippen LogP contribution in [-0.2, 0) is 41.3 Å². The number of nitrogens with one attached hydrogen (secondary N) is 1. The Kier molecular flexibility index (Phi) is 20.4. The van der Waals surface area contributed by atoms with Crippen LogP contribution in [0.3, 0.4) is 0 Å². The molecule has 16 heteroatoms. The van der Waals surface area contributed by atoms with E-state index < -0.39 is 24.9 Å². The summed E-state index contributed by atoms with van der Waals surface area (Å²) < 4.78 is 74.4. The first kappa shape index (κ1) is 48.1. The van der Waals surface area contributed by atoms with Crippen molar-refractivity contribution in [3.63, 3.8) is 0 Å². The SMILES string of the molecule is CC(C)(C)OC(=O)N1CCC(N2C[C@H](COC(F)F)OC[C@@H]2Cc2ccc(Cl)cc2)CC1.FC(F)OC[C@H]1CN[C@@H](Cc2ccc(Cl)cc2)CO1.O=C1CCCCC1. The number of likely N-dealkylation sites (tertiary alicyclic amines) is 1. The summed E-state index contributed by atoms with van der Waals surface area (Å²) in [5, 5.41) is 4.67. The van der Waals surface area contributed by atoms with E-state index in [2.05, 4.69) is 19.7 Å². The predicted molar refractivity (Wildman–Crippen MR) is 215 cm³/mol. The molecule has 0 radical (unpaired) electrons. The Morgan fingerprint density at radius 2 is 1.34 bits per heavy atom. The maximum absolute atomic E-state index is 12.5. The minimum absolute atomic E-state index is 0.0850. The molecule has 4 fully saturated rings. The van der Waals surface area contributed by atoms with Gasteiger partial charge in [0, 0.05) is 67.2 Å². The number of carbonyl (C=O) groups is 2. The number of benzene rings is 2. The van der Waals surface area contributed by atoms with E-state index in [4.69, 9.17) is 37.4 Å². The number of amides is 1. The molecule has 4 aliphatic rings. The predicted octanol–water partition coefficient (Wildman–Crippen LogP) is 8.59. The maximum atomic E-state index is 12.5. The number of hydrogen-bond acceptors (Lipinski definition) is 9. The van der Waals surface area contributed by atoms with Gasteiger partial charge in [-0.2, -0.15) is 17.6 Å². The van der Waals surface area contributed by atoms with Crippen molar-refractivity contribution in [1.29, 1.82) is 0 Å². The van der Waals surface area contributed by atoms with Crippen LogP contribution in [0.1, 0.15) is 76.8 Å². The first-order valence-corrected chi connectivity index (χ1v) is 20.9. The molecular formula is C42H59Cl2F4N3O7. The molecule has 3 heterocycles. The zero-order valence-corrected chi connectivity index (χ0v) is 35.2. The lowest BCUT2D eigenvalue weighted by Crippen LogP contribution is -2.58. The second kappa shape index (κ2) is 24.6. The molecule has 1 saturated carbocycles. The standard InChI is InChI=1S/C23H33ClF2N2O4.C13H16ClF2NO2.C6H10O/c1-23(2,3)32-22(29)27-10-8-18(9-11-27)28-13-20(15-31-21(25)26)30-14-19(28)12-16-4-6-17(24)7-5-16;14-10-3-1-9(2-4-10)5-11-7-18-12(6-17-11)8-19-13(15)16;7-6-4-2-1-3-5-6/h4-7,18-21H,8-15H2,1-3H3;1-4,11-13,17H,5-8H2;1-5H2/t19-,20+;11-,12+;/m00./s1. The van der Waals surface area contributed by atoms with Gasteiger partial charge in [0.2, 0.25) is 0 Å². The van der Waals surface area contributed by atoms with Crippen LogP contribution in [0.15, 0.2) is 48.5 Å². The molecule has 326 valence electrons. The molecule has 0 bridgehead atoms. The molecule has 3 aliphatic heterocycles. The highest BCUT2D eigenvalue weighted by Crippen LogP contribution is 2.27. The number of piperidine rings is 1. The lowest BCUT2D eigenvalue weighted by molar-refractivity contribution is -0.175. The monoisotopic (exact) mass is 863 g/mol. The fourth-order valence-electron chi connectivity index (χ4n) is 7.22. The highest BCUT2D eigenvalue weighted by atomic mass is 35.5. The van der Waals surface area contributed by atoms with E-state index in [1.807, 2.05) is 69.3 Å². The van der Waals surface area contributed by atoms with Crippen LogP contribution in [0.25, 0.3) is 0 Å². The average molecular weight is 865 g/mol. The zero-order valence-electron chi connectivity index (χ0n) is 33.7. The van der Waals surface area contributed by atoms with Gasteiger partial charge in [-0.05, 0) is 94.7 Å². The minimum atomic E-state index is -2.81. The van der Waals surface area contributed by atoms with E-state index in [-0.39, 0.29) is 43.5 Å². The number of ketones is 1. The fraction of sp³-hybridized carbons (Fsp3) is 0.667. The second-order valence-corrected chi connectivity index (χ2v) is 16.9. The summed E-state index contributed by atoms with van der Waals surface area (Å²) in [6.45, 7) is 2.95. The normalized spacial score (nSPS) is 23.5. The molecule has 1 aliphatic carbocycles. The lowest BCUT2D eigenvalue weighted by Gasteiger charge is -2.46. The summed E-state index contributed by atoms with van der Waals surface area (Å²) in [5.74, 6) is 0.464. The van der Waals surface area contributed by atoms with E-state index in [0.717, 1.165) is 62.5 Å². The van der Waals surface area contributed by atoms with Crippen molar-refractivity contribution in [2.75, 3.05) is 52.6 Å². The topological polar surface area (TPSA) is 98.8 Å². The Morgan fingerprint density at radius 1 is 0.810 bits per heavy atom. The number of carbonyl (C=O) groups excluding carboxylic acids is 2. The van der Waals surface area contributed by atoms with Gasteiger partial charge in [-0.3, -0.25) is 9.69 Å². The quantitative estimate of drug-likeness (QED) is 0.223. The number of nitrogens with zero attached hydrogens (tertiary/aromatic N) is 2. The number of ether oxygens (including phenoxy) is 5. The highest BCUT2D eigenvalue weighted by Gasteiger charge is 2.37. The number of halogens is 6. The summed E-state index contributed by atoms with van der Waals surface area (Å²) in [7, 11) is 0. The number of rotatable bonds is 11. The molecule has 0 spiro atoms. The highest BCUT2D eigenvalue weighted by molar-refractivity contribution is 6.30. The third-order valence-electron chi connectivity index (χ3n) is 10.2. The molecule has 2 aromatic rings. The van der Waals surface area contributed by atoms with Crippen LogP contribution in [0, 0.1) is 0 Å². The van der Waals surface area contributed by atoms with E-state index in [1.54, 1.807) is 4.90 Å². The van der Waals surface area contributed by atoms with Crippen LogP contribution >= 0.6 is 23.2 Å². The summed E-state index contributed by atoms with van der Waals surface area (Å²) in [6, 6.07) is 15.9. The van der Waals surface area contributed by atoms with Gasteiger partial charge < -0.3 is 33.9 Å². The van der Waals surface area contributed by atoms with Gasteiger partial charge >= 0.3 is 19.3 Å². The van der Waals surface area contributed by atoms with Gasteiger partial charge in [0.15, 0.2) is 0 Å². The van der Waals surface area contributed by atoms with Gasteiger partial charge in [-0.25, -0.2) is 4.79 Å². The van der Waals surface area contributed by atoms with Crippen molar-refractivity contribution in [3.05, 3.63) is 69.7 Å². The van der Waals surface area contributed by atoms with Crippen molar-refractivity contribution in [1.82, 2.24) is 15.1 Å². The number of alkyl halides is 4. The Hall–Kier alpha value is -2.56. The Labute approximate surface area is 350 Å². The molecule has 4 atom stereocenters. The van der Waals surface area contributed by atoms with Crippen molar-refractivity contribution in [3.8, 4) is 0 Å². The van der Waals surface area contributed by atoms with Crippen LogP contribution in [0.2, 0.25) is 10.0 Å². The number of morpholine rings is 2. The third kappa shape index (κ3) is 18.4. The summed E-state index contributed by atoms with van der Waals surface area (Å²) in [5.41, 5.74) is 1.77. The number of hydrogen-bond donors (Lipinski definition) is 1. The van der Waals surface area contributed by atoms with E-state index >= 15 is 0 Å². The van der Waals surface area contributed by atoms with E-state index in [9.17, 15) is 27.2 Å². The molecular weight excluding hydrogens is 805 g/mol. The van der Waals surface area contributed by atoms with Crippen LogP contribution < -0.4 is 5.32 Å². The molecule has 3 saturated heterocycles. The minimum Gasteiger partial charge on any atom is -0.444 e. The van der Waals surface area contributed by atoms with Crippen molar-refractivity contribution < 1.29 is 50.8 Å². The summed E-state index contributed by atoms with van der Waals surface area (Å²) >= 11 is 11.8. The third-order valence-corrected chi connectivity index (χ3v) is 10.7.